The first-order chi connectivity index (χ1) is 17.6. The van der Waals surface area contributed by atoms with E-state index >= 15 is 0 Å². The van der Waals surface area contributed by atoms with Gasteiger partial charge in [0.2, 0.25) is 0 Å². The molecule has 8 N–H and O–H groups in total. The van der Waals surface area contributed by atoms with Crippen LogP contribution in [0, 0.1) is 0 Å². The molecule has 9 atom stereocenters. The number of aliphatic hydroxyl groups excluding tert-OH is 8. The molecule has 1 heterocycles. The summed E-state index contributed by atoms with van der Waals surface area (Å²) in [4.78, 5) is 12.2. The second-order valence-electron chi connectivity index (χ2n) is 9.28. The van der Waals surface area contributed by atoms with Crippen LogP contribution in [0.4, 0.5) is 0 Å². The van der Waals surface area contributed by atoms with Crippen LogP contribution in [0.3, 0.4) is 0 Å². The van der Waals surface area contributed by atoms with Crippen molar-refractivity contribution in [3.8, 4) is 0 Å². The highest BCUT2D eigenvalue weighted by atomic mass is 32.2. The standard InChI is InChI=1S/C25H40O11S/c1-37-9-3-6-16(28)11-15-5-2-4-14(10-15)7-8-17(29)20(31)24(18(30)12-26)36-25-23(34)22(33)21(32)19(13-27)35-25/h2,4-5,10,17-27,29-34H,3,6-9,11-13H2,1H3/t17?,18?,19?,20-,21+,22+,23?,24-,25-/m0/s1. The fourth-order valence-corrected chi connectivity index (χ4v) is 4.60. The molecule has 0 spiro atoms. The molecule has 0 radical (unpaired) electrons. The number of hydrogen-bond acceptors (Lipinski definition) is 12. The topological polar surface area (TPSA) is 197 Å². The number of benzene rings is 1. The van der Waals surface area contributed by atoms with Gasteiger partial charge in [0.05, 0.1) is 19.3 Å². The van der Waals surface area contributed by atoms with Crippen LogP contribution in [0.15, 0.2) is 24.3 Å². The summed E-state index contributed by atoms with van der Waals surface area (Å²) in [6.07, 6.45) is -10.6. The third-order valence-electron chi connectivity index (χ3n) is 6.36. The van der Waals surface area contributed by atoms with Crippen LogP contribution in [-0.2, 0) is 27.1 Å². The van der Waals surface area contributed by atoms with Gasteiger partial charge in [-0.1, -0.05) is 24.3 Å². The fourth-order valence-electron chi connectivity index (χ4n) is 4.17. The monoisotopic (exact) mass is 548 g/mol. The lowest BCUT2D eigenvalue weighted by atomic mass is 9.95. The molecule has 1 aliphatic rings. The van der Waals surface area contributed by atoms with Crippen molar-refractivity contribution in [1.29, 1.82) is 0 Å². The molecule has 11 nitrogen and oxygen atoms in total. The van der Waals surface area contributed by atoms with Crippen LogP contribution in [0.1, 0.15) is 30.4 Å². The lowest BCUT2D eigenvalue weighted by molar-refractivity contribution is -0.327. The van der Waals surface area contributed by atoms with E-state index in [4.69, 9.17) is 9.47 Å². The summed E-state index contributed by atoms with van der Waals surface area (Å²) < 4.78 is 10.7. The van der Waals surface area contributed by atoms with Crippen LogP contribution >= 0.6 is 11.8 Å². The Hall–Kier alpha value is -1.16. The summed E-state index contributed by atoms with van der Waals surface area (Å²) in [5.74, 6) is 1.07. The smallest absolute Gasteiger partial charge is 0.187 e. The first-order valence-corrected chi connectivity index (χ1v) is 13.7. The number of aliphatic hydroxyl groups is 8. The summed E-state index contributed by atoms with van der Waals surface area (Å²) in [6.45, 7) is -1.55. The van der Waals surface area contributed by atoms with Gasteiger partial charge in [-0.25, -0.2) is 0 Å². The molecule has 0 amide bonds. The predicted molar refractivity (Wildman–Crippen MR) is 135 cm³/mol. The number of ketones is 1. The number of aryl methyl sites for hydroxylation is 1. The number of hydrogen-bond donors (Lipinski definition) is 8. The Balaban J connectivity index is 1.99. The van der Waals surface area contributed by atoms with E-state index in [0.717, 1.165) is 23.3 Å². The lowest BCUT2D eigenvalue weighted by Crippen LogP contribution is -2.61. The Morgan fingerprint density at radius 1 is 1.05 bits per heavy atom. The highest BCUT2D eigenvalue weighted by Gasteiger charge is 2.46. The molecule has 0 saturated carbocycles. The predicted octanol–water partition coefficient (Wildman–Crippen LogP) is -1.87. The summed E-state index contributed by atoms with van der Waals surface area (Å²) in [5, 5.41) is 80.3. The van der Waals surface area contributed by atoms with E-state index in [-0.39, 0.29) is 12.2 Å². The molecule has 37 heavy (non-hydrogen) atoms. The van der Waals surface area contributed by atoms with Crippen LogP contribution in [0.25, 0.3) is 0 Å². The molecular formula is C25H40O11S. The molecule has 4 unspecified atom stereocenters. The molecule has 1 aromatic carbocycles. The normalized spacial score (nSPS) is 27.4. The Labute approximate surface area is 220 Å². The van der Waals surface area contributed by atoms with Crippen molar-refractivity contribution in [3.63, 3.8) is 0 Å². The molecule has 1 aromatic rings. The Morgan fingerprint density at radius 2 is 1.76 bits per heavy atom. The van der Waals surface area contributed by atoms with Crippen LogP contribution in [0.5, 0.6) is 0 Å². The highest BCUT2D eigenvalue weighted by molar-refractivity contribution is 7.98. The maximum absolute atomic E-state index is 12.2. The zero-order valence-corrected chi connectivity index (χ0v) is 21.7. The number of thioether (sulfide) groups is 1. The van der Waals surface area contributed by atoms with Gasteiger partial charge < -0.3 is 50.3 Å². The van der Waals surface area contributed by atoms with Gasteiger partial charge in [-0.2, -0.15) is 11.8 Å². The Bertz CT molecular complexity index is 811. The third kappa shape index (κ3) is 9.52. The fraction of sp³-hybridized carbons (Fsp3) is 0.720. The van der Waals surface area contributed by atoms with E-state index in [1.54, 1.807) is 11.8 Å². The van der Waals surface area contributed by atoms with E-state index in [9.17, 15) is 45.6 Å². The highest BCUT2D eigenvalue weighted by Crippen LogP contribution is 2.25. The molecule has 2 rings (SSSR count). The van der Waals surface area contributed by atoms with Crippen LogP contribution < -0.4 is 0 Å². The van der Waals surface area contributed by atoms with Crippen molar-refractivity contribution in [2.45, 2.75) is 87.2 Å². The maximum Gasteiger partial charge on any atom is 0.187 e. The average molecular weight is 549 g/mol. The molecule has 0 aliphatic carbocycles. The number of carbonyl (C=O) groups is 1. The minimum atomic E-state index is -1.79. The van der Waals surface area contributed by atoms with Crippen molar-refractivity contribution in [3.05, 3.63) is 35.4 Å². The van der Waals surface area contributed by atoms with Gasteiger partial charge in [0, 0.05) is 12.8 Å². The van der Waals surface area contributed by atoms with E-state index < -0.39 is 68.3 Å². The van der Waals surface area contributed by atoms with Gasteiger partial charge in [0.25, 0.3) is 0 Å². The van der Waals surface area contributed by atoms with Gasteiger partial charge in [-0.3, -0.25) is 4.79 Å². The second kappa shape index (κ2) is 16.1. The van der Waals surface area contributed by atoms with E-state index in [1.807, 2.05) is 30.5 Å². The number of Topliss-reactive ketones (excluding diaryl/α,β-unsaturated/α-hetero) is 1. The summed E-state index contributed by atoms with van der Waals surface area (Å²) in [6, 6.07) is 7.34. The lowest BCUT2D eigenvalue weighted by Gasteiger charge is -2.42. The molecule has 12 heteroatoms. The minimum absolute atomic E-state index is 0.0407. The van der Waals surface area contributed by atoms with Gasteiger partial charge in [0.15, 0.2) is 6.29 Å². The summed E-state index contributed by atoms with van der Waals surface area (Å²) in [7, 11) is 0. The molecule has 0 bridgehead atoms. The summed E-state index contributed by atoms with van der Waals surface area (Å²) >= 11 is 1.69. The van der Waals surface area contributed by atoms with Crippen molar-refractivity contribution < 1.29 is 55.1 Å². The molecule has 1 saturated heterocycles. The number of ether oxygens (including phenoxy) is 2. The number of carbonyl (C=O) groups excluding carboxylic acids is 1. The first-order valence-electron chi connectivity index (χ1n) is 12.3. The third-order valence-corrected chi connectivity index (χ3v) is 7.06. The van der Waals surface area contributed by atoms with Gasteiger partial charge >= 0.3 is 0 Å². The van der Waals surface area contributed by atoms with Gasteiger partial charge in [0.1, 0.15) is 48.5 Å². The Kier molecular flexibility index (Phi) is 13.9. The zero-order valence-electron chi connectivity index (χ0n) is 20.9. The van der Waals surface area contributed by atoms with Gasteiger partial charge in [-0.05, 0) is 42.4 Å². The minimum Gasteiger partial charge on any atom is -0.394 e. The molecule has 0 aromatic heterocycles. The second-order valence-corrected chi connectivity index (χ2v) is 10.3. The van der Waals surface area contributed by atoms with Crippen LogP contribution in [-0.4, -0.2) is 127 Å². The maximum atomic E-state index is 12.2. The SMILES string of the molecule is CSCCCC(=O)Cc1cccc(CCC(O)[C@H](O)[C@@H](O[C@@H]2OC(CO)[C@@H](O)[C@@H](O)C2O)C(O)CO)c1. The molecule has 1 aliphatic heterocycles. The van der Waals surface area contributed by atoms with Crippen molar-refractivity contribution in [2.75, 3.05) is 25.2 Å². The summed E-state index contributed by atoms with van der Waals surface area (Å²) in [5.41, 5.74) is 1.68. The van der Waals surface area contributed by atoms with Crippen LogP contribution in [0.2, 0.25) is 0 Å². The van der Waals surface area contributed by atoms with E-state index in [1.165, 1.54) is 0 Å². The molecule has 212 valence electrons. The van der Waals surface area contributed by atoms with E-state index in [0.29, 0.717) is 19.3 Å². The van der Waals surface area contributed by atoms with Crippen molar-refractivity contribution in [2.24, 2.45) is 0 Å². The average Bonchev–Trinajstić information content (AvgIpc) is 2.89. The number of rotatable bonds is 16. The van der Waals surface area contributed by atoms with Crippen molar-refractivity contribution >= 4 is 17.5 Å². The van der Waals surface area contributed by atoms with E-state index in [2.05, 4.69) is 0 Å². The quantitative estimate of drug-likeness (QED) is 0.107. The largest absolute Gasteiger partial charge is 0.394 e. The molecular weight excluding hydrogens is 508 g/mol. The Morgan fingerprint density at radius 3 is 2.41 bits per heavy atom. The van der Waals surface area contributed by atoms with Crippen molar-refractivity contribution in [1.82, 2.24) is 0 Å². The van der Waals surface area contributed by atoms with Gasteiger partial charge in [-0.15, -0.1) is 0 Å². The first kappa shape index (κ1) is 32.1. The molecule has 1 fully saturated rings. The zero-order chi connectivity index (χ0) is 27.5.